The molecule has 0 saturated heterocycles. The molecule has 1 aliphatic carbocycles. The van der Waals surface area contributed by atoms with E-state index in [1.807, 2.05) is 0 Å². The van der Waals surface area contributed by atoms with Crippen molar-refractivity contribution in [2.45, 2.75) is 19.3 Å². The Morgan fingerprint density at radius 3 is 1.73 bits per heavy atom. The Kier molecular flexibility index (Phi) is 6.08. The van der Waals surface area contributed by atoms with Crippen LogP contribution >= 0.6 is 0 Å². The summed E-state index contributed by atoms with van der Waals surface area (Å²) in [5.41, 5.74) is 14.4. The molecule has 1 aliphatic rings. The minimum Gasteiger partial charge on any atom is -0.455 e. The molecular formula is C51H34O. The second-order valence-corrected chi connectivity index (χ2v) is 14.8. The minimum absolute atomic E-state index is 0.0749. The van der Waals surface area contributed by atoms with Gasteiger partial charge in [0.15, 0.2) is 0 Å². The molecule has 244 valence electrons. The molecule has 0 saturated carbocycles. The molecule has 1 aromatic heterocycles. The molecule has 0 N–H and O–H groups in total. The van der Waals surface area contributed by atoms with Gasteiger partial charge in [0.05, 0.1) is 0 Å². The summed E-state index contributed by atoms with van der Waals surface area (Å²) in [5, 5.41) is 9.80. The zero-order chi connectivity index (χ0) is 34.6. The number of hydrogen-bond donors (Lipinski definition) is 0. The first-order valence-corrected chi connectivity index (χ1v) is 18.2. The number of para-hydroxylation sites is 1. The maximum absolute atomic E-state index is 6.96. The van der Waals surface area contributed by atoms with E-state index in [2.05, 4.69) is 184 Å². The van der Waals surface area contributed by atoms with Crippen molar-refractivity contribution in [3.05, 3.63) is 181 Å². The molecule has 10 aromatic rings. The maximum atomic E-state index is 6.96. The number of rotatable bonds is 3. The summed E-state index contributed by atoms with van der Waals surface area (Å²) in [6.07, 6.45) is 0. The van der Waals surface area contributed by atoms with Gasteiger partial charge in [-0.3, -0.25) is 0 Å². The van der Waals surface area contributed by atoms with Gasteiger partial charge in [0.1, 0.15) is 11.2 Å². The van der Waals surface area contributed by atoms with Gasteiger partial charge in [-0.1, -0.05) is 172 Å². The van der Waals surface area contributed by atoms with E-state index in [0.717, 1.165) is 22.1 Å². The molecule has 0 unspecified atom stereocenters. The average molecular weight is 663 g/mol. The lowest BCUT2D eigenvalue weighted by atomic mass is 9.82. The first-order valence-electron chi connectivity index (χ1n) is 18.2. The monoisotopic (exact) mass is 662 g/mol. The Morgan fingerprint density at radius 1 is 0.385 bits per heavy atom. The van der Waals surface area contributed by atoms with Crippen molar-refractivity contribution in [3.63, 3.8) is 0 Å². The van der Waals surface area contributed by atoms with Gasteiger partial charge in [-0.2, -0.15) is 0 Å². The molecule has 52 heavy (non-hydrogen) atoms. The smallest absolute Gasteiger partial charge is 0.143 e. The van der Waals surface area contributed by atoms with E-state index in [1.54, 1.807) is 0 Å². The van der Waals surface area contributed by atoms with E-state index in [4.69, 9.17) is 4.42 Å². The van der Waals surface area contributed by atoms with Gasteiger partial charge in [0, 0.05) is 27.3 Å². The van der Waals surface area contributed by atoms with Crippen molar-refractivity contribution < 1.29 is 4.42 Å². The Hall–Kier alpha value is -6.44. The molecule has 0 amide bonds. The molecule has 0 aliphatic heterocycles. The van der Waals surface area contributed by atoms with Crippen LogP contribution in [0.15, 0.2) is 174 Å². The van der Waals surface area contributed by atoms with Crippen LogP contribution in [0.3, 0.4) is 0 Å². The van der Waals surface area contributed by atoms with Crippen LogP contribution in [0, 0.1) is 0 Å². The highest BCUT2D eigenvalue weighted by Gasteiger charge is 2.37. The van der Waals surface area contributed by atoms with Crippen molar-refractivity contribution >= 4 is 54.3 Å². The van der Waals surface area contributed by atoms with Crippen LogP contribution in [-0.4, -0.2) is 0 Å². The average Bonchev–Trinajstić information content (AvgIpc) is 3.69. The predicted octanol–water partition coefficient (Wildman–Crippen LogP) is 14.4. The van der Waals surface area contributed by atoms with Crippen molar-refractivity contribution in [2.24, 2.45) is 0 Å². The molecule has 1 nitrogen and oxygen atoms in total. The summed E-state index contributed by atoms with van der Waals surface area (Å²) in [4.78, 5) is 0. The molecule has 0 spiro atoms. The van der Waals surface area contributed by atoms with E-state index < -0.39 is 0 Å². The third-order valence-electron chi connectivity index (χ3n) is 11.7. The van der Waals surface area contributed by atoms with E-state index in [9.17, 15) is 0 Å². The van der Waals surface area contributed by atoms with Crippen LogP contribution in [0.1, 0.15) is 25.0 Å². The summed E-state index contributed by atoms with van der Waals surface area (Å²) >= 11 is 0. The van der Waals surface area contributed by atoms with Crippen molar-refractivity contribution in [1.29, 1.82) is 0 Å². The van der Waals surface area contributed by atoms with Crippen LogP contribution < -0.4 is 0 Å². The van der Waals surface area contributed by atoms with Gasteiger partial charge in [-0.25, -0.2) is 0 Å². The first-order chi connectivity index (χ1) is 25.6. The second-order valence-electron chi connectivity index (χ2n) is 14.8. The molecule has 11 rings (SSSR count). The maximum Gasteiger partial charge on any atom is 0.143 e. The topological polar surface area (TPSA) is 13.1 Å². The van der Waals surface area contributed by atoms with Crippen molar-refractivity contribution in [1.82, 2.24) is 0 Å². The Bertz CT molecular complexity index is 3040. The van der Waals surface area contributed by atoms with Gasteiger partial charge in [0.25, 0.3) is 0 Å². The zero-order valence-corrected chi connectivity index (χ0v) is 29.1. The molecule has 0 fully saturated rings. The van der Waals surface area contributed by atoms with E-state index in [0.29, 0.717) is 0 Å². The fraction of sp³-hybridized carbons (Fsp3) is 0.0588. The van der Waals surface area contributed by atoms with Crippen LogP contribution in [0.25, 0.3) is 98.8 Å². The van der Waals surface area contributed by atoms with Gasteiger partial charge >= 0.3 is 0 Å². The molecule has 1 heterocycles. The summed E-state index contributed by atoms with van der Waals surface area (Å²) in [7, 11) is 0. The van der Waals surface area contributed by atoms with Crippen molar-refractivity contribution in [3.8, 4) is 44.5 Å². The van der Waals surface area contributed by atoms with Crippen LogP contribution in [0.5, 0.6) is 0 Å². The Balaban J connectivity index is 1.19. The number of benzene rings is 9. The van der Waals surface area contributed by atoms with Crippen LogP contribution in [0.4, 0.5) is 0 Å². The minimum atomic E-state index is -0.0749. The van der Waals surface area contributed by atoms with Crippen LogP contribution in [-0.2, 0) is 5.41 Å². The quantitative estimate of drug-likeness (QED) is 0.172. The number of hydrogen-bond acceptors (Lipinski definition) is 1. The zero-order valence-electron chi connectivity index (χ0n) is 29.1. The highest BCUT2D eigenvalue weighted by molar-refractivity contribution is 6.25. The third-order valence-corrected chi connectivity index (χ3v) is 11.7. The van der Waals surface area contributed by atoms with Gasteiger partial charge in [-0.05, 0) is 89.0 Å². The van der Waals surface area contributed by atoms with E-state index in [-0.39, 0.29) is 5.41 Å². The summed E-state index contributed by atoms with van der Waals surface area (Å²) in [6.45, 7) is 4.68. The Morgan fingerprint density at radius 2 is 0.942 bits per heavy atom. The van der Waals surface area contributed by atoms with Crippen LogP contribution in [0.2, 0.25) is 0 Å². The summed E-state index contributed by atoms with van der Waals surface area (Å²) in [5.74, 6) is 0. The second kappa shape index (κ2) is 10.8. The van der Waals surface area contributed by atoms with Gasteiger partial charge in [-0.15, -0.1) is 0 Å². The first kappa shape index (κ1) is 29.3. The summed E-state index contributed by atoms with van der Waals surface area (Å²) in [6, 6.07) is 62.2. The Labute approximate surface area is 302 Å². The normalized spacial score (nSPS) is 13.3. The van der Waals surface area contributed by atoms with E-state index >= 15 is 0 Å². The summed E-state index contributed by atoms with van der Waals surface area (Å²) < 4.78 is 6.96. The third kappa shape index (κ3) is 3.99. The molecule has 1 heteroatoms. The van der Waals surface area contributed by atoms with Crippen molar-refractivity contribution in [2.75, 3.05) is 0 Å². The standard InChI is InChI=1S/C51H34O/c1-51(2)43-27-10-9-23-40(43)48-44(51)28-29-45-49(48)42-26-13-25-41(50(42)52-45)47-38-21-7-5-19-36(38)46(37-20-6-8-22-39(37)47)33-17-11-16-32(30-33)35-24-12-15-31-14-3-4-18-34(31)35/h3-30H,1-2H3. The number of fused-ring (bicyclic) bond motifs is 10. The molecule has 0 atom stereocenters. The SMILES string of the molecule is CC1(C)c2ccccc2-c2c1ccc1oc3c(-c4c5ccccc5c(-c5cccc(-c6cccc7ccccc67)c5)c5ccccc45)cccc3c21. The highest BCUT2D eigenvalue weighted by Crippen LogP contribution is 2.54. The molecule has 0 bridgehead atoms. The predicted molar refractivity (Wildman–Crippen MR) is 220 cm³/mol. The number of furan rings is 1. The van der Waals surface area contributed by atoms with E-state index in [1.165, 1.54) is 87.8 Å². The molecule has 9 aromatic carbocycles. The lowest BCUT2D eigenvalue weighted by molar-refractivity contribution is 0.657. The lowest BCUT2D eigenvalue weighted by Gasteiger charge is -2.21. The lowest BCUT2D eigenvalue weighted by Crippen LogP contribution is -2.14. The van der Waals surface area contributed by atoms with Gasteiger partial charge in [0.2, 0.25) is 0 Å². The fourth-order valence-electron chi connectivity index (χ4n) is 9.33. The highest BCUT2D eigenvalue weighted by atomic mass is 16.3. The fourth-order valence-corrected chi connectivity index (χ4v) is 9.33. The molecular weight excluding hydrogens is 629 g/mol. The molecule has 0 radical (unpaired) electrons. The van der Waals surface area contributed by atoms with Gasteiger partial charge < -0.3 is 4.42 Å². The largest absolute Gasteiger partial charge is 0.455 e.